The Labute approximate surface area is 120 Å². The van der Waals surface area contributed by atoms with Crippen LogP contribution in [-0.2, 0) is 6.42 Å². The molecule has 1 N–H and O–H groups in total. The van der Waals surface area contributed by atoms with E-state index in [0.717, 1.165) is 18.2 Å². The van der Waals surface area contributed by atoms with Gasteiger partial charge in [-0.05, 0) is 24.1 Å². The minimum atomic E-state index is 0.513. The third-order valence-corrected chi connectivity index (χ3v) is 6.25. The number of hydrogen-bond donors (Lipinski definition) is 1. The van der Waals surface area contributed by atoms with Crippen LogP contribution in [0.4, 0.5) is 0 Å². The maximum Gasteiger partial charge on any atom is 0.0448 e. The number of aryl methyl sites for hydroxylation is 1. The first kappa shape index (κ1) is 14.3. The van der Waals surface area contributed by atoms with E-state index in [1.54, 1.807) is 0 Å². The summed E-state index contributed by atoms with van der Waals surface area (Å²) >= 11 is 4.23. The Bertz CT molecular complexity index is 344. The molecule has 0 amide bonds. The van der Waals surface area contributed by atoms with Crippen molar-refractivity contribution in [3.63, 3.8) is 0 Å². The molecule has 1 aromatic rings. The van der Waals surface area contributed by atoms with Crippen molar-refractivity contribution >= 4 is 23.5 Å². The van der Waals surface area contributed by atoms with E-state index in [1.807, 2.05) is 0 Å². The number of hydrogen-bond acceptors (Lipinski definition) is 3. The number of thioether (sulfide) groups is 2. The largest absolute Gasteiger partial charge is 0.309 e. The minimum absolute atomic E-state index is 0.513. The van der Waals surface area contributed by atoms with Crippen LogP contribution in [0, 0.1) is 0 Å². The molecule has 0 aliphatic carbocycles. The number of rotatable bonds is 5. The molecule has 3 heteroatoms. The fourth-order valence-corrected chi connectivity index (χ4v) is 5.21. The molecule has 0 aromatic heterocycles. The predicted molar refractivity (Wildman–Crippen MR) is 85.8 cm³/mol. The normalized spacial score (nSPS) is 21.8. The average Bonchev–Trinajstić information content (AvgIpc) is 2.46. The van der Waals surface area contributed by atoms with E-state index in [9.17, 15) is 0 Å². The Morgan fingerprint density at radius 1 is 1.22 bits per heavy atom. The highest BCUT2D eigenvalue weighted by Crippen LogP contribution is 2.33. The second-order valence-electron chi connectivity index (χ2n) is 4.61. The first-order valence-electron chi connectivity index (χ1n) is 6.86. The third kappa shape index (κ3) is 3.69. The zero-order valence-electron chi connectivity index (χ0n) is 11.3. The molecule has 100 valence electrons. The Morgan fingerprint density at radius 2 is 2.00 bits per heavy atom. The fourth-order valence-electron chi connectivity index (χ4n) is 2.34. The zero-order chi connectivity index (χ0) is 12.8. The van der Waals surface area contributed by atoms with Crippen molar-refractivity contribution in [2.75, 3.05) is 23.8 Å². The molecule has 1 aliphatic heterocycles. The van der Waals surface area contributed by atoms with Gasteiger partial charge in [0.05, 0.1) is 0 Å². The van der Waals surface area contributed by atoms with E-state index < -0.39 is 0 Å². The quantitative estimate of drug-likeness (QED) is 0.883. The average molecular weight is 281 g/mol. The smallest absolute Gasteiger partial charge is 0.0448 e. The van der Waals surface area contributed by atoms with Crippen molar-refractivity contribution in [3.05, 3.63) is 35.4 Å². The van der Waals surface area contributed by atoms with Crippen LogP contribution in [0.1, 0.15) is 31.0 Å². The van der Waals surface area contributed by atoms with Crippen LogP contribution in [0.2, 0.25) is 0 Å². The molecule has 1 aromatic carbocycles. The Balaban J connectivity index is 2.11. The molecule has 1 aliphatic rings. The summed E-state index contributed by atoms with van der Waals surface area (Å²) in [7, 11) is 0. The monoisotopic (exact) mass is 281 g/mol. The van der Waals surface area contributed by atoms with Gasteiger partial charge in [-0.15, -0.1) is 0 Å². The summed E-state index contributed by atoms with van der Waals surface area (Å²) in [5.41, 5.74) is 2.88. The first-order chi connectivity index (χ1) is 8.85. The van der Waals surface area contributed by atoms with Crippen LogP contribution in [0.25, 0.3) is 0 Å². The van der Waals surface area contributed by atoms with E-state index in [2.05, 4.69) is 67.0 Å². The van der Waals surface area contributed by atoms with Gasteiger partial charge < -0.3 is 5.32 Å². The SMILES string of the molecule is CCNC(c1ccc(CC)cc1)C1CSCCS1. The first-order valence-corrected chi connectivity index (χ1v) is 9.07. The molecule has 1 heterocycles. The van der Waals surface area contributed by atoms with Crippen molar-refractivity contribution in [1.82, 2.24) is 5.32 Å². The summed E-state index contributed by atoms with van der Waals surface area (Å²) in [4.78, 5) is 0. The molecule has 1 nitrogen and oxygen atoms in total. The lowest BCUT2D eigenvalue weighted by molar-refractivity contribution is 0.550. The lowest BCUT2D eigenvalue weighted by Crippen LogP contribution is -2.33. The van der Waals surface area contributed by atoms with Crippen molar-refractivity contribution in [3.8, 4) is 0 Å². The van der Waals surface area contributed by atoms with E-state index in [4.69, 9.17) is 0 Å². The topological polar surface area (TPSA) is 12.0 Å². The highest BCUT2D eigenvalue weighted by atomic mass is 32.2. The predicted octanol–water partition coefficient (Wildman–Crippen LogP) is 3.75. The molecule has 0 spiro atoms. The van der Waals surface area contributed by atoms with E-state index in [-0.39, 0.29) is 0 Å². The summed E-state index contributed by atoms with van der Waals surface area (Å²) in [6.07, 6.45) is 1.13. The van der Waals surface area contributed by atoms with Crippen LogP contribution in [0.5, 0.6) is 0 Å². The van der Waals surface area contributed by atoms with Gasteiger partial charge in [-0.2, -0.15) is 23.5 Å². The zero-order valence-corrected chi connectivity index (χ0v) is 12.9. The van der Waals surface area contributed by atoms with Crippen LogP contribution < -0.4 is 5.32 Å². The summed E-state index contributed by atoms with van der Waals surface area (Å²) < 4.78 is 0. The minimum Gasteiger partial charge on any atom is -0.309 e. The molecular formula is C15H23NS2. The van der Waals surface area contributed by atoms with Crippen molar-refractivity contribution in [1.29, 1.82) is 0 Å². The van der Waals surface area contributed by atoms with Gasteiger partial charge in [0.25, 0.3) is 0 Å². The fraction of sp³-hybridized carbons (Fsp3) is 0.600. The van der Waals surface area contributed by atoms with E-state index in [0.29, 0.717) is 6.04 Å². The molecule has 2 atom stereocenters. The summed E-state index contributed by atoms with van der Waals surface area (Å²) in [5, 5.41) is 4.39. The number of benzene rings is 1. The van der Waals surface area contributed by atoms with Gasteiger partial charge in [0, 0.05) is 28.6 Å². The molecule has 0 saturated carbocycles. The lowest BCUT2D eigenvalue weighted by atomic mass is 10.0. The molecule has 2 unspecified atom stereocenters. The maximum atomic E-state index is 3.67. The third-order valence-electron chi connectivity index (χ3n) is 3.38. The second-order valence-corrected chi connectivity index (χ2v) is 7.11. The van der Waals surface area contributed by atoms with Crippen LogP contribution in [-0.4, -0.2) is 29.1 Å². The Morgan fingerprint density at radius 3 is 2.56 bits per heavy atom. The summed E-state index contributed by atoms with van der Waals surface area (Å²) in [5.74, 6) is 3.89. The molecule has 0 bridgehead atoms. The molecule has 1 saturated heterocycles. The van der Waals surface area contributed by atoms with Gasteiger partial charge in [0.2, 0.25) is 0 Å². The van der Waals surface area contributed by atoms with Gasteiger partial charge in [-0.25, -0.2) is 0 Å². The summed E-state index contributed by atoms with van der Waals surface area (Å²) in [6, 6.07) is 9.69. The van der Waals surface area contributed by atoms with Crippen molar-refractivity contribution in [2.45, 2.75) is 31.6 Å². The standard InChI is InChI=1S/C15H23NS2/c1-3-12-5-7-13(8-6-12)15(16-4-2)14-11-17-9-10-18-14/h5-8,14-16H,3-4,9-11H2,1-2H3. The Hall–Kier alpha value is -0.120. The second kappa shape index (κ2) is 7.46. The van der Waals surface area contributed by atoms with Gasteiger partial charge >= 0.3 is 0 Å². The van der Waals surface area contributed by atoms with Gasteiger partial charge in [-0.1, -0.05) is 38.1 Å². The highest BCUT2D eigenvalue weighted by Gasteiger charge is 2.25. The molecule has 0 radical (unpaired) electrons. The molecule has 2 rings (SSSR count). The van der Waals surface area contributed by atoms with Crippen molar-refractivity contribution < 1.29 is 0 Å². The molecule has 1 fully saturated rings. The maximum absolute atomic E-state index is 3.67. The van der Waals surface area contributed by atoms with Gasteiger partial charge in [0.15, 0.2) is 0 Å². The van der Waals surface area contributed by atoms with Crippen LogP contribution in [0.3, 0.4) is 0 Å². The Kier molecular flexibility index (Phi) is 5.93. The summed E-state index contributed by atoms with van der Waals surface area (Å²) in [6.45, 7) is 5.46. The van der Waals surface area contributed by atoms with Crippen molar-refractivity contribution in [2.24, 2.45) is 0 Å². The molecular weight excluding hydrogens is 258 g/mol. The highest BCUT2D eigenvalue weighted by molar-refractivity contribution is 8.06. The van der Waals surface area contributed by atoms with E-state index >= 15 is 0 Å². The lowest BCUT2D eigenvalue weighted by Gasteiger charge is -2.30. The van der Waals surface area contributed by atoms with Crippen LogP contribution >= 0.6 is 23.5 Å². The van der Waals surface area contributed by atoms with Gasteiger partial charge in [0.1, 0.15) is 0 Å². The van der Waals surface area contributed by atoms with Gasteiger partial charge in [-0.3, -0.25) is 0 Å². The molecule has 18 heavy (non-hydrogen) atoms. The number of nitrogens with one attached hydrogen (secondary N) is 1. The van der Waals surface area contributed by atoms with Crippen LogP contribution in [0.15, 0.2) is 24.3 Å². The van der Waals surface area contributed by atoms with E-state index in [1.165, 1.54) is 28.4 Å².